The summed E-state index contributed by atoms with van der Waals surface area (Å²) in [6.45, 7) is 1.65. The number of benzene rings is 2. The van der Waals surface area contributed by atoms with Gasteiger partial charge in [0.25, 0.3) is 10.0 Å². The summed E-state index contributed by atoms with van der Waals surface area (Å²) in [6.07, 6.45) is 2.92. The van der Waals surface area contributed by atoms with Gasteiger partial charge < -0.3 is 19.3 Å². The zero-order valence-corrected chi connectivity index (χ0v) is 20.1. The van der Waals surface area contributed by atoms with E-state index in [1.165, 1.54) is 50.6 Å². The van der Waals surface area contributed by atoms with E-state index in [4.69, 9.17) is 26.2 Å². The van der Waals surface area contributed by atoms with Crippen LogP contribution in [0.1, 0.15) is 11.3 Å². The molecule has 1 aromatic heterocycles. The predicted octanol–water partition coefficient (Wildman–Crippen LogP) is 3.33. The minimum absolute atomic E-state index is 0.0199. The van der Waals surface area contributed by atoms with Gasteiger partial charge in [-0.3, -0.25) is 14.8 Å². The van der Waals surface area contributed by atoms with E-state index in [1.807, 2.05) is 0 Å². The van der Waals surface area contributed by atoms with Crippen LogP contribution >= 0.6 is 12.2 Å². The smallest absolute Gasteiger partial charge is 0.263 e. The van der Waals surface area contributed by atoms with Gasteiger partial charge in [-0.1, -0.05) is 11.2 Å². The molecule has 0 spiro atoms. The molecule has 34 heavy (non-hydrogen) atoms. The zero-order chi connectivity index (χ0) is 24.7. The van der Waals surface area contributed by atoms with Crippen molar-refractivity contribution in [1.29, 1.82) is 0 Å². The van der Waals surface area contributed by atoms with Crippen molar-refractivity contribution in [2.24, 2.45) is 0 Å². The van der Waals surface area contributed by atoms with Crippen molar-refractivity contribution in [2.45, 2.75) is 11.8 Å². The van der Waals surface area contributed by atoms with E-state index in [-0.39, 0.29) is 15.8 Å². The largest absolute Gasteiger partial charge is 0.493 e. The number of aromatic nitrogens is 1. The second-order valence-electron chi connectivity index (χ2n) is 6.84. The number of rotatable bonds is 8. The Morgan fingerprint density at radius 3 is 2.38 bits per heavy atom. The minimum Gasteiger partial charge on any atom is -0.493 e. The van der Waals surface area contributed by atoms with Crippen LogP contribution in [0.15, 0.2) is 64.0 Å². The van der Waals surface area contributed by atoms with Crippen molar-refractivity contribution in [3.63, 3.8) is 0 Å². The molecule has 3 aromatic rings. The van der Waals surface area contributed by atoms with Crippen LogP contribution in [0.25, 0.3) is 6.08 Å². The van der Waals surface area contributed by atoms with Crippen LogP contribution in [-0.2, 0) is 14.8 Å². The second kappa shape index (κ2) is 10.8. The van der Waals surface area contributed by atoms with Crippen LogP contribution in [0.5, 0.6) is 11.5 Å². The Labute approximate surface area is 202 Å². The Balaban J connectivity index is 1.56. The van der Waals surface area contributed by atoms with E-state index in [1.54, 1.807) is 31.2 Å². The molecule has 0 aliphatic heterocycles. The molecule has 1 amide bonds. The molecule has 0 atom stereocenters. The van der Waals surface area contributed by atoms with E-state index in [0.717, 1.165) is 5.56 Å². The molecule has 2 aromatic carbocycles. The maximum absolute atomic E-state index is 12.4. The first kappa shape index (κ1) is 24.7. The number of aryl methyl sites for hydroxylation is 1. The molecule has 0 saturated heterocycles. The second-order valence-corrected chi connectivity index (χ2v) is 8.93. The van der Waals surface area contributed by atoms with Gasteiger partial charge in [-0.2, -0.15) is 0 Å². The van der Waals surface area contributed by atoms with Crippen LogP contribution in [0, 0.1) is 6.92 Å². The molecule has 3 rings (SSSR count). The molecule has 12 heteroatoms. The van der Waals surface area contributed by atoms with Gasteiger partial charge in [0.1, 0.15) is 5.76 Å². The van der Waals surface area contributed by atoms with E-state index in [0.29, 0.717) is 22.9 Å². The maximum Gasteiger partial charge on any atom is 0.263 e. The average molecular weight is 503 g/mol. The topological polar surface area (TPSA) is 132 Å². The third-order valence-corrected chi connectivity index (χ3v) is 5.94. The molecule has 0 aliphatic carbocycles. The Morgan fingerprint density at radius 2 is 1.76 bits per heavy atom. The third-order valence-electron chi connectivity index (χ3n) is 4.36. The first-order valence-electron chi connectivity index (χ1n) is 9.78. The number of nitrogens with one attached hydrogen (secondary N) is 3. The van der Waals surface area contributed by atoms with Crippen LogP contribution < -0.4 is 24.8 Å². The van der Waals surface area contributed by atoms with Crippen molar-refractivity contribution in [1.82, 2.24) is 10.5 Å². The minimum atomic E-state index is -3.84. The van der Waals surface area contributed by atoms with Gasteiger partial charge in [-0.25, -0.2) is 8.42 Å². The summed E-state index contributed by atoms with van der Waals surface area (Å²) in [5, 5.41) is 9.00. The normalized spacial score (nSPS) is 11.1. The molecule has 0 fully saturated rings. The molecular formula is C22H22N4O6S2. The van der Waals surface area contributed by atoms with E-state index < -0.39 is 15.9 Å². The standard InChI is InChI=1S/C22H22N4O6S2/c1-14-12-20(25-32-14)26-34(28,29)17-8-6-16(7-9-17)23-22(33)24-21(27)11-5-15-4-10-18(30-2)19(13-15)31-3/h4-13H,1-3H3,(H,25,26)(H2,23,24,27,33)/b11-5+. The Hall–Kier alpha value is -3.90. The Bertz CT molecular complexity index is 1320. The number of anilines is 2. The quantitative estimate of drug-likeness (QED) is 0.313. The highest BCUT2D eigenvalue weighted by Crippen LogP contribution is 2.28. The summed E-state index contributed by atoms with van der Waals surface area (Å²) >= 11 is 5.15. The molecule has 0 radical (unpaired) electrons. The zero-order valence-electron chi connectivity index (χ0n) is 18.5. The third kappa shape index (κ3) is 6.56. The number of hydrogen-bond acceptors (Lipinski definition) is 8. The van der Waals surface area contributed by atoms with Gasteiger partial charge in [-0.15, -0.1) is 0 Å². The lowest BCUT2D eigenvalue weighted by atomic mass is 10.2. The number of nitrogens with zero attached hydrogens (tertiary/aromatic N) is 1. The van der Waals surface area contributed by atoms with Gasteiger partial charge in [0.2, 0.25) is 5.91 Å². The SMILES string of the molecule is COc1ccc(/C=C/C(=O)NC(=S)Nc2ccc(S(=O)(=O)Nc3cc(C)on3)cc2)cc1OC. The van der Waals surface area contributed by atoms with E-state index >= 15 is 0 Å². The van der Waals surface area contributed by atoms with Gasteiger partial charge in [0.15, 0.2) is 22.4 Å². The maximum atomic E-state index is 12.4. The van der Waals surface area contributed by atoms with Crippen molar-refractivity contribution >= 4 is 50.8 Å². The van der Waals surface area contributed by atoms with Crippen molar-refractivity contribution in [3.8, 4) is 11.5 Å². The molecule has 0 bridgehead atoms. The number of thiocarbonyl (C=S) groups is 1. The van der Waals surface area contributed by atoms with E-state index in [2.05, 4.69) is 20.5 Å². The number of sulfonamides is 1. The highest BCUT2D eigenvalue weighted by atomic mass is 32.2. The monoisotopic (exact) mass is 502 g/mol. The molecule has 10 nitrogen and oxygen atoms in total. The van der Waals surface area contributed by atoms with Gasteiger partial charge in [0.05, 0.1) is 19.1 Å². The molecule has 0 saturated carbocycles. The fourth-order valence-electron chi connectivity index (χ4n) is 2.77. The predicted molar refractivity (Wildman–Crippen MR) is 131 cm³/mol. The molecule has 0 aliphatic rings. The number of hydrogen-bond donors (Lipinski definition) is 3. The fourth-order valence-corrected chi connectivity index (χ4v) is 3.98. The highest BCUT2D eigenvalue weighted by molar-refractivity contribution is 7.92. The summed E-state index contributed by atoms with van der Waals surface area (Å²) < 4.78 is 42.5. The fraction of sp³-hybridized carbons (Fsp3) is 0.136. The Morgan fingerprint density at radius 1 is 1.06 bits per heavy atom. The summed E-state index contributed by atoms with van der Waals surface area (Å²) in [5.41, 5.74) is 1.23. The van der Waals surface area contributed by atoms with Gasteiger partial charge in [0, 0.05) is 17.8 Å². The summed E-state index contributed by atoms with van der Waals surface area (Å²) in [7, 11) is -0.771. The molecule has 1 heterocycles. The van der Waals surface area contributed by atoms with Crippen molar-refractivity contribution in [3.05, 3.63) is 65.9 Å². The van der Waals surface area contributed by atoms with Gasteiger partial charge in [-0.05, 0) is 67.2 Å². The number of amides is 1. The van der Waals surface area contributed by atoms with Crippen LogP contribution in [-0.4, -0.2) is 38.8 Å². The Kier molecular flexibility index (Phi) is 7.87. The average Bonchev–Trinajstić information content (AvgIpc) is 3.21. The first-order valence-corrected chi connectivity index (χ1v) is 11.7. The number of methoxy groups -OCH3 is 2. The number of carbonyl (C=O) groups excluding carboxylic acids is 1. The number of carbonyl (C=O) groups is 1. The van der Waals surface area contributed by atoms with Crippen molar-refractivity contribution < 1.29 is 27.2 Å². The van der Waals surface area contributed by atoms with Crippen LogP contribution in [0.2, 0.25) is 0 Å². The molecular weight excluding hydrogens is 480 g/mol. The lowest BCUT2D eigenvalue weighted by molar-refractivity contribution is -0.115. The molecule has 3 N–H and O–H groups in total. The lowest BCUT2D eigenvalue weighted by Gasteiger charge is -2.10. The lowest BCUT2D eigenvalue weighted by Crippen LogP contribution is -2.32. The number of ether oxygens (including phenoxy) is 2. The van der Waals surface area contributed by atoms with E-state index in [9.17, 15) is 13.2 Å². The van der Waals surface area contributed by atoms with Gasteiger partial charge >= 0.3 is 0 Å². The summed E-state index contributed by atoms with van der Waals surface area (Å²) in [5.74, 6) is 1.24. The summed E-state index contributed by atoms with van der Waals surface area (Å²) in [4.78, 5) is 12.2. The highest BCUT2D eigenvalue weighted by Gasteiger charge is 2.16. The molecule has 178 valence electrons. The molecule has 0 unspecified atom stereocenters. The van der Waals surface area contributed by atoms with Crippen molar-refractivity contribution in [2.75, 3.05) is 24.3 Å². The summed E-state index contributed by atoms with van der Waals surface area (Å²) in [6, 6.07) is 12.5. The van der Waals surface area contributed by atoms with Crippen LogP contribution in [0.4, 0.5) is 11.5 Å². The van der Waals surface area contributed by atoms with Crippen LogP contribution in [0.3, 0.4) is 0 Å². The first-order chi connectivity index (χ1) is 16.2.